The monoisotopic (exact) mass is 344 g/mol. The fourth-order valence-electron chi connectivity index (χ4n) is 2.87. The molecule has 5 heteroatoms. The first-order valence-corrected chi connectivity index (χ1v) is 8.59. The lowest BCUT2D eigenvalue weighted by molar-refractivity contribution is -0.116. The molecule has 0 radical (unpaired) electrons. The molecule has 0 saturated carbocycles. The van der Waals surface area contributed by atoms with E-state index in [1.807, 2.05) is 6.07 Å². The Balaban J connectivity index is 1.51. The summed E-state index contributed by atoms with van der Waals surface area (Å²) in [6.45, 7) is 4.52. The highest BCUT2D eigenvalue weighted by Gasteiger charge is 2.18. The maximum atomic E-state index is 12.1. The van der Waals surface area contributed by atoms with Gasteiger partial charge in [0.05, 0.1) is 13.0 Å². The zero-order valence-corrected chi connectivity index (χ0v) is 14.5. The van der Waals surface area contributed by atoms with Gasteiger partial charge in [-0.3, -0.25) is 4.79 Å². The lowest BCUT2D eigenvalue weighted by atomic mass is 10.1. The van der Waals surface area contributed by atoms with Crippen molar-refractivity contribution >= 4 is 28.9 Å². The number of likely N-dealkylation sites (N-methyl/N-ethyl adjacent to an activating group) is 1. The van der Waals surface area contributed by atoms with E-state index >= 15 is 0 Å². The molecule has 1 aliphatic heterocycles. The van der Waals surface area contributed by atoms with Gasteiger partial charge in [-0.1, -0.05) is 17.7 Å². The van der Waals surface area contributed by atoms with Crippen LogP contribution in [0.1, 0.15) is 18.9 Å². The molecule has 0 bridgehead atoms. The summed E-state index contributed by atoms with van der Waals surface area (Å²) in [5, 5.41) is 3.61. The van der Waals surface area contributed by atoms with Crippen molar-refractivity contribution in [1.29, 1.82) is 0 Å². The second kappa shape index (κ2) is 7.58. The van der Waals surface area contributed by atoms with Gasteiger partial charge in [0.15, 0.2) is 0 Å². The lowest BCUT2D eigenvalue weighted by Gasteiger charge is -2.17. The Bertz CT molecular complexity index is 716. The van der Waals surface area contributed by atoms with E-state index in [1.54, 1.807) is 24.3 Å². The van der Waals surface area contributed by atoms with Crippen molar-refractivity contribution < 1.29 is 9.53 Å². The van der Waals surface area contributed by atoms with E-state index in [0.29, 0.717) is 23.8 Å². The molecule has 24 heavy (non-hydrogen) atoms. The second-order valence-electron chi connectivity index (χ2n) is 5.77. The van der Waals surface area contributed by atoms with E-state index in [9.17, 15) is 4.79 Å². The van der Waals surface area contributed by atoms with Crippen molar-refractivity contribution in [2.24, 2.45) is 0 Å². The summed E-state index contributed by atoms with van der Waals surface area (Å²) >= 11 is 5.82. The standard InChI is InChI=1S/C19H21ClN2O2/c1-2-22-11-9-14-3-6-16(13-18(14)22)21-19(23)10-12-24-17-7-4-15(20)5-8-17/h3-8,13H,2,9-12H2,1H3,(H,21,23). The van der Waals surface area contributed by atoms with Gasteiger partial charge in [0.2, 0.25) is 5.91 Å². The van der Waals surface area contributed by atoms with E-state index in [4.69, 9.17) is 16.3 Å². The normalized spacial score (nSPS) is 12.8. The first-order valence-electron chi connectivity index (χ1n) is 8.22. The largest absolute Gasteiger partial charge is 0.493 e. The van der Waals surface area contributed by atoms with Crippen molar-refractivity contribution in [3.63, 3.8) is 0 Å². The second-order valence-corrected chi connectivity index (χ2v) is 6.21. The van der Waals surface area contributed by atoms with Crippen LogP contribution in [-0.2, 0) is 11.2 Å². The number of amides is 1. The Labute approximate surface area is 147 Å². The van der Waals surface area contributed by atoms with Crippen LogP contribution in [0.4, 0.5) is 11.4 Å². The third-order valence-electron chi connectivity index (χ3n) is 4.15. The average molecular weight is 345 g/mol. The van der Waals surface area contributed by atoms with E-state index in [2.05, 4.69) is 29.3 Å². The van der Waals surface area contributed by atoms with Gasteiger partial charge in [-0.15, -0.1) is 0 Å². The number of nitrogens with one attached hydrogen (secondary N) is 1. The Morgan fingerprint density at radius 3 is 2.79 bits per heavy atom. The Morgan fingerprint density at radius 1 is 1.25 bits per heavy atom. The van der Waals surface area contributed by atoms with Crippen LogP contribution in [0.3, 0.4) is 0 Å². The first kappa shape index (κ1) is 16.7. The van der Waals surface area contributed by atoms with Crippen LogP contribution in [0, 0.1) is 0 Å². The van der Waals surface area contributed by atoms with Crippen LogP contribution in [0.2, 0.25) is 5.02 Å². The summed E-state index contributed by atoms with van der Waals surface area (Å²) in [6.07, 6.45) is 1.38. The third-order valence-corrected chi connectivity index (χ3v) is 4.41. The van der Waals surface area contributed by atoms with Gasteiger partial charge < -0.3 is 15.0 Å². The van der Waals surface area contributed by atoms with Gasteiger partial charge in [-0.05, 0) is 55.3 Å². The van der Waals surface area contributed by atoms with Crippen LogP contribution in [0.5, 0.6) is 5.75 Å². The molecule has 1 amide bonds. The van der Waals surface area contributed by atoms with Crippen LogP contribution < -0.4 is 15.0 Å². The predicted molar refractivity (Wildman–Crippen MR) is 98.2 cm³/mol. The minimum atomic E-state index is -0.0510. The van der Waals surface area contributed by atoms with Crippen molar-refractivity contribution in [3.05, 3.63) is 53.1 Å². The molecule has 0 aromatic heterocycles. The van der Waals surface area contributed by atoms with Crippen molar-refractivity contribution in [2.75, 3.05) is 29.9 Å². The summed E-state index contributed by atoms with van der Waals surface area (Å²) in [5.41, 5.74) is 3.42. The van der Waals surface area contributed by atoms with Crippen LogP contribution >= 0.6 is 11.6 Å². The highest BCUT2D eigenvalue weighted by Crippen LogP contribution is 2.30. The fraction of sp³-hybridized carbons (Fsp3) is 0.316. The highest BCUT2D eigenvalue weighted by atomic mass is 35.5. The number of hydrogen-bond acceptors (Lipinski definition) is 3. The maximum absolute atomic E-state index is 12.1. The van der Waals surface area contributed by atoms with Gasteiger partial charge in [-0.25, -0.2) is 0 Å². The molecule has 0 aliphatic carbocycles. The van der Waals surface area contributed by atoms with Crippen LogP contribution in [0.25, 0.3) is 0 Å². The molecule has 0 spiro atoms. The molecule has 0 saturated heterocycles. The fourth-order valence-corrected chi connectivity index (χ4v) is 2.99. The van der Waals surface area contributed by atoms with E-state index in [-0.39, 0.29) is 5.91 Å². The molecule has 2 aromatic carbocycles. The van der Waals surface area contributed by atoms with Gasteiger partial charge >= 0.3 is 0 Å². The first-order chi connectivity index (χ1) is 11.7. The van der Waals surface area contributed by atoms with Crippen LogP contribution in [-0.4, -0.2) is 25.6 Å². The third kappa shape index (κ3) is 4.01. The molecule has 0 atom stereocenters. The van der Waals surface area contributed by atoms with E-state index < -0.39 is 0 Å². The molecule has 1 aliphatic rings. The SMILES string of the molecule is CCN1CCc2ccc(NC(=O)CCOc3ccc(Cl)cc3)cc21. The lowest BCUT2D eigenvalue weighted by Crippen LogP contribution is -2.19. The summed E-state index contributed by atoms with van der Waals surface area (Å²) in [5.74, 6) is 0.660. The number of benzene rings is 2. The van der Waals surface area contributed by atoms with Gasteiger partial charge in [-0.2, -0.15) is 0 Å². The smallest absolute Gasteiger partial charge is 0.227 e. The van der Waals surface area contributed by atoms with Gasteiger partial charge in [0.25, 0.3) is 0 Å². The number of ether oxygens (including phenoxy) is 1. The molecule has 1 N–H and O–H groups in total. The predicted octanol–water partition coefficient (Wildman–Crippen LogP) is 4.13. The Hall–Kier alpha value is -2.20. The molecular weight excluding hydrogens is 324 g/mol. The average Bonchev–Trinajstić information content (AvgIpc) is 2.99. The Kier molecular flexibility index (Phi) is 5.26. The molecule has 126 valence electrons. The van der Waals surface area contributed by atoms with E-state index in [1.165, 1.54) is 11.3 Å². The Morgan fingerprint density at radius 2 is 2.04 bits per heavy atom. The number of fused-ring (bicyclic) bond motifs is 1. The number of rotatable bonds is 6. The summed E-state index contributed by atoms with van der Waals surface area (Å²) in [7, 11) is 0. The number of carbonyl (C=O) groups excluding carboxylic acids is 1. The molecular formula is C19H21ClN2O2. The van der Waals surface area contributed by atoms with Gasteiger partial charge in [0.1, 0.15) is 5.75 Å². The van der Waals surface area contributed by atoms with E-state index in [0.717, 1.165) is 25.2 Å². The number of halogens is 1. The number of carbonyl (C=O) groups is 1. The minimum Gasteiger partial charge on any atom is -0.493 e. The van der Waals surface area contributed by atoms with Crippen molar-refractivity contribution in [3.8, 4) is 5.75 Å². The number of hydrogen-bond donors (Lipinski definition) is 1. The van der Waals surface area contributed by atoms with Crippen molar-refractivity contribution in [1.82, 2.24) is 0 Å². The minimum absolute atomic E-state index is 0.0510. The molecule has 4 nitrogen and oxygen atoms in total. The van der Waals surface area contributed by atoms with Gasteiger partial charge in [0, 0.05) is 29.5 Å². The summed E-state index contributed by atoms with van der Waals surface area (Å²) < 4.78 is 5.55. The topological polar surface area (TPSA) is 41.6 Å². The molecule has 3 rings (SSSR count). The maximum Gasteiger partial charge on any atom is 0.227 e. The summed E-state index contributed by atoms with van der Waals surface area (Å²) in [6, 6.07) is 13.2. The highest BCUT2D eigenvalue weighted by molar-refractivity contribution is 6.30. The zero-order valence-electron chi connectivity index (χ0n) is 13.7. The zero-order chi connectivity index (χ0) is 16.9. The number of anilines is 2. The van der Waals surface area contributed by atoms with Crippen molar-refractivity contribution in [2.45, 2.75) is 19.8 Å². The molecule has 2 aromatic rings. The quantitative estimate of drug-likeness (QED) is 0.856. The molecule has 1 heterocycles. The molecule has 0 fully saturated rings. The molecule has 0 unspecified atom stereocenters. The van der Waals surface area contributed by atoms with Crippen LogP contribution in [0.15, 0.2) is 42.5 Å². The summed E-state index contributed by atoms with van der Waals surface area (Å²) in [4.78, 5) is 14.4. The number of nitrogens with zero attached hydrogens (tertiary/aromatic N) is 1.